The zero-order valence-electron chi connectivity index (χ0n) is 14.2. The van der Waals surface area contributed by atoms with Crippen molar-refractivity contribution in [1.29, 1.82) is 0 Å². The fraction of sp³-hybridized carbons (Fsp3) is 0.0526. The van der Waals surface area contributed by atoms with Gasteiger partial charge in [-0.15, -0.1) is 11.3 Å². The van der Waals surface area contributed by atoms with E-state index in [0.717, 1.165) is 5.56 Å². The maximum atomic E-state index is 12.2. The van der Waals surface area contributed by atoms with Crippen molar-refractivity contribution >= 4 is 51.0 Å². The van der Waals surface area contributed by atoms with Crippen LogP contribution in [0, 0.1) is 0 Å². The molecule has 140 valence electrons. The van der Waals surface area contributed by atoms with Gasteiger partial charge in [-0.05, 0) is 24.3 Å². The van der Waals surface area contributed by atoms with Crippen molar-refractivity contribution in [2.75, 3.05) is 11.9 Å². The van der Waals surface area contributed by atoms with Gasteiger partial charge in [0.2, 0.25) is 0 Å². The summed E-state index contributed by atoms with van der Waals surface area (Å²) in [5.41, 5.74) is 2.69. The van der Waals surface area contributed by atoms with E-state index >= 15 is 0 Å². The number of nitrogens with one attached hydrogen (secondary N) is 1. The number of halogens is 1. The van der Waals surface area contributed by atoms with Crippen LogP contribution in [0.25, 0.3) is 22.4 Å². The zero-order valence-corrected chi connectivity index (χ0v) is 15.8. The maximum absolute atomic E-state index is 12.2. The number of hydrogen-bond donors (Lipinski definition) is 1. The minimum absolute atomic E-state index is 0.235. The molecule has 4 aromatic rings. The molecule has 0 aliphatic carbocycles. The first kappa shape index (κ1) is 18.1. The number of ether oxygens (including phenoxy) is 1. The van der Waals surface area contributed by atoms with E-state index in [2.05, 4.69) is 15.3 Å². The Kier molecular flexibility index (Phi) is 5.05. The van der Waals surface area contributed by atoms with Gasteiger partial charge >= 0.3 is 5.97 Å². The Labute approximate surface area is 167 Å². The summed E-state index contributed by atoms with van der Waals surface area (Å²) in [5, 5.41) is 5.47. The van der Waals surface area contributed by atoms with Crippen LogP contribution in [0.1, 0.15) is 10.4 Å². The summed E-state index contributed by atoms with van der Waals surface area (Å²) in [7, 11) is 0. The number of carbonyl (C=O) groups excluding carboxylic acids is 2. The lowest BCUT2D eigenvalue weighted by molar-refractivity contribution is -0.119. The second-order valence-corrected chi connectivity index (χ2v) is 6.97. The highest BCUT2D eigenvalue weighted by atomic mass is 35.5. The number of amides is 1. The minimum atomic E-state index is -0.657. The van der Waals surface area contributed by atoms with E-state index in [9.17, 15) is 9.59 Å². The molecular weight excluding hydrogens is 402 g/mol. The van der Waals surface area contributed by atoms with Crippen molar-refractivity contribution in [3.8, 4) is 11.3 Å². The minimum Gasteiger partial charge on any atom is -0.452 e. The average molecular weight is 414 g/mol. The number of nitrogens with zero attached hydrogens (tertiary/aromatic N) is 2. The lowest BCUT2D eigenvalue weighted by atomic mass is 10.2. The molecule has 0 fully saturated rings. The highest BCUT2D eigenvalue weighted by Gasteiger charge is 2.16. The first-order chi connectivity index (χ1) is 13.6. The summed E-state index contributed by atoms with van der Waals surface area (Å²) in [5.74, 6) is -1.15. The maximum Gasteiger partial charge on any atom is 0.340 e. The molecule has 1 N–H and O–H groups in total. The number of para-hydroxylation sites is 1. The molecule has 2 heterocycles. The van der Waals surface area contributed by atoms with Crippen molar-refractivity contribution in [2.45, 2.75) is 0 Å². The van der Waals surface area contributed by atoms with E-state index in [0.29, 0.717) is 26.9 Å². The fourth-order valence-electron chi connectivity index (χ4n) is 2.50. The van der Waals surface area contributed by atoms with Gasteiger partial charge in [0.05, 0.1) is 11.3 Å². The predicted octanol–water partition coefficient (Wildman–Crippen LogP) is 4.40. The van der Waals surface area contributed by atoms with Crippen LogP contribution < -0.4 is 5.32 Å². The highest BCUT2D eigenvalue weighted by Crippen LogP contribution is 2.26. The molecule has 4 rings (SSSR count). The van der Waals surface area contributed by atoms with Gasteiger partial charge in [0.1, 0.15) is 5.52 Å². The van der Waals surface area contributed by atoms with Crippen LogP contribution in [0.5, 0.6) is 0 Å². The second kappa shape index (κ2) is 7.79. The molecule has 0 saturated heterocycles. The Balaban J connectivity index is 1.36. The number of anilines is 1. The molecule has 0 atom stereocenters. The molecule has 0 aliphatic heterocycles. The molecule has 0 saturated carbocycles. The van der Waals surface area contributed by atoms with E-state index in [4.69, 9.17) is 20.8 Å². The molecule has 28 heavy (non-hydrogen) atoms. The predicted molar refractivity (Wildman–Crippen MR) is 105 cm³/mol. The third kappa shape index (κ3) is 3.88. The highest BCUT2D eigenvalue weighted by molar-refractivity contribution is 7.14. The van der Waals surface area contributed by atoms with Crippen molar-refractivity contribution in [1.82, 2.24) is 9.97 Å². The number of oxazole rings is 1. The first-order valence-electron chi connectivity index (χ1n) is 8.11. The third-order valence-corrected chi connectivity index (χ3v) is 4.81. The lowest BCUT2D eigenvalue weighted by Gasteiger charge is -2.05. The molecule has 0 radical (unpaired) electrons. The van der Waals surface area contributed by atoms with Gasteiger partial charge in [0, 0.05) is 16.0 Å². The summed E-state index contributed by atoms with van der Waals surface area (Å²) in [6.45, 7) is -0.442. The van der Waals surface area contributed by atoms with Crippen LogP contribution in [0.4, 0.5) is 5.13 Å². The van der Waals surface area contributed by atoms with Gasteiger partial charge in [0.15, 0.2) is 23.7 Å². The largest absolute Gasteiger partial charge is 0.452 e. The van der Waals surface area contributed by atoms with Gasteiger partial charge < -0.3 is 9.15 Å². The zero-order chi connectivity index (χ0) is 19.5. The van der Waals surface area contributed by atoms with Gasteiger partial charge in [-0.2, -0.15) is 0 Å². The summed E-state index contributed by atoms with van der Waals surface area (Å²) >= 11 is 7.15. The molecule has 1 amide bonds. The second-order valence-electron chi connectivity index (χ2n) is 5.67. The molecule has 0 aliphatic rings. The van der Waals surface area contributed by atoms with Gasteiger partial charge in [-0.1, -0.05) is 29.8 Å². The molecule has 9 heteroatoms. The van der Waals surface area contributed by atoms with Crippen LogP contribution >= 0.6 is 22.9 Å². The number of benzene rings is 2. The molecule has 2 aromatic heterocycles. The topological polar surface area (TPSA) is 94.3 Å². The molecule has 0 unspecified atom stereocenters. The third-order valence-electron chi connectivity index (χ3n) is 3.81. The van der Waals surface area contributed by atoms with Crippen molar-refractivity contribution < 1.29 is 18.7 Å². The molecule has 7 nitrogen and oxygen atoms in total. The molecule has 2 aromatic carbocycles. The monoisotopic (exact) mass is 413 g/mol. The lowest BCUT2D eigenvalue weighted by Crippen LogP contribution is -2.21. The average Bonchev–Trinajstić information content (AvgIpc) is 3.36. The van der Waals surface area contributed by atoms with E-state index in [1.807, 2.05) is 17.5 Å². The van der Waals surface area contributed by atoms with Crippen LogP contribution in [0.2, 0.25) is 5.02 Å². The first-order valence-corrected chi connectivity index (χ1v) is 9.36. The van der Waals surface area contributed by atoms with Crippen molar-refractivity contribution in [3.05, 3.63) is 64.8 Å². The van der Waals surface area contributed by atoms with Crippen LogP contribution in [0.15, 0.2) is 58.7 Å². The van der Waals surface area contributed by atoms with Crippen molar-refractivity contribution in [3.63, 3.8) is 0 Å². The number of rotatable bonds is 5. The number of esters is 1. The van der Waals surface area contributed by atoms with E-state index in [1.165, 1.54) is 17.7 Å². The number of carbonyl (C=O) groups is 2. The quantitative estimate of drug-likeness (QED) is 0.487. The Morgan fingerprint density at radius 3 is 2.82 bits per heavy atom. The van der Waals surface area contributed by atoms with Crippen LogP contribution in [-0.4, -0.2) is 28.5 Å². The summed E-state index contributed by atoms with van der Waals surface area (Å²) in [4.78, 5) is 32.6. The van der Waals surface area contributed by atoms with Gasteiger partial charge in [0.25, 0.3) is 5.91 Å². The standard InChI is InChI=1S/C19H12ClN3O4S/c20-12-6-4-11(5-7-12)14-9-28-19(22-14)23-16(24)8-26-18(25)13-2-1-3-15-17(13)21-10-27-15/h1-7,9-10H,8H2,(H,22,23,24). The SMILES string of the molecule is O=C(COC(=O)c1cccc2ocnc12)Nc1nc(-c2ccc(Cl)cc2)cs1. The Bertz CT molecular complexity index is 1150. The Morgan fingerprint density at radius 1 is 1.18 bits per heavy atom. The fourth-order valence-corrected chi connectivity index (χ4v) is 3.36. The number of thiazole rings is 1. The van der Waals surface area contributed by atoms with E-state index in [1.54, 1.807) is 30.3 Å². The van der Waals surface area contributed by atoms with Gasteiger partial charge in [-0.3, -0.25) is 10.1 Å². The summed E-state index contributed by atoms with van der Waals surface area (Å²) in [6, 6.07) is 12.1. The Morgan fingerprint density at radius 2 is 2.00 bits per heavy atom. The summed E-state index contributed by atoms with van der Waals surface area (Å²) in [6.07, 6.45) is 1.24. The van der Waals surface area contributed by atoms with Crippen LogP contribution in [-0.2, 0) is 9.53 Å². The molecular formula is C19H12ClN3O4S. The number of aromatic nitrogens is 2. The molecule has 0 bridgehead atoms. The number of hydrogen-bond acceptors (Lipinski definition) is 7. The molecule has 0 spiro atoms. The normalized spacial score (nSPS) is 10.8. The number of fused-ring (bicyclic) bond motifs is 1. The van der Waals surface area contributed by atoms with Crippen molar-refractivity contribution in [2.24, 2.45) is 0 Å². The Hall–Kier alpha value is -3.23. The van der Waals surface area contributed by atoms with Crippen LogP contribution in [0.3, 0.4) is 0 Å². The summed E-state index contributed by atoms with van der Waals surface area (Å²) < 4.78 is 10.2. The van der Waals surface area contributed by atoms with E-state index in [-0.39, 0.29) is 5.56 Å². The van der Waals surface area contributed by atoms with Gasteiger partial charge in [-0.25, -0.2) is 14.8 Å². The smallest absolute Gasteiger partial charge is 0.340 e. The van der Waals surface area contributed by atoms with E-state index < -0.39 is 18.5 Å².